The number of rotatable bonds is 5. The van der Waals surface area contributed by atoms with Gasteiger partial charge in [-0.25, -0.2) is 9.97 Å². The van der Waals surface area contributed by atoms with Crippen molar-refractivity contribution in [2.45, 2.75) is 31.2 Å². The summed E-state index contributed by atoms with van der Waals surface area (Å²) in [5, 5.41) is 5.83. The molecule has 132 valence electrons. The maximum absolute atomic E-state index is 12.1. The zero-order valence-corrected chi connectivity index (χ0v) is 16.0. The molecule has 4 rings (SSSR count). The second-order valence-corrected chi connectivity index (χ2v) is 8.09. The number of aryl methyl sites for hydroxylation is 2. The first-order chi connectivity index (χ1) is 12.6. The standard InChI is InChI=1S/C18H17N5OS2/c1-11-15(8-13-6-4-3-5-7-13)21-17(19-11)25-10-14-9-16(24)23-18(20-14)26-12(2)22-23/h3-7,9H,8,10H2,1-2H3,(H,19,21). The van der Waals surface area contributed by atoms with Gasteiger partial charge in [0.05, 0.1) is 11.4 Å². The third-order valence-electron chi connectivity index (χ3n) is 3.93. The van der Waals surface area contributed by atoms with Gasteiger partial charge in [0.2, 0.25) is 4.96 Å². The third kappa shape index (κ3) is 3.56. The normalized spacial score (nSPS) is 11.3. The van der Waals surface area contributed by atoms with Gasteiger partial charge in [-0.05, 0) is 19.4 Å². The van der Waals surface area contributed by atoms with E-state index in [1.54, 1.807) is 17.8 Å². The van der Waals surface area contributed by atoms with Crippen LogP contribution in [-0.4, -0.2) is 24.6 Å². The number of nitrogens with zero attached hydrogens (tertiary/aromatic N) is 4. The van der Waals surface area contributed by atoms with Crippen LogP contribution in [0.15, 0.2) is 46.3 Å². The number of imidazole rings is 1. The van der Waals surface area contributed by atoms with Crippen LogP contribution in [0.25, 0.3) is 4.96 Å². The first-order valence-corrected chi connectivity index (χ1v) is 9.97. The maximum Gasteiger partial charge on any atom is 0.275 e. The molecule has 3 aromatic heterocycles. The zero-order chi connectivity index (χ0) is 18.1. The lowest BCUT2D eigenvalue weighted by Crippen LogP contribution is -2.15. The Labute approximate surface area is 158 Å². The minimum Gasteiger partial charge on any atom is -0.337 e. The van der Waals surface area contributed by atoms with Crippen molar-refractivity contribution in [3.05, 3.63) is 74.4 Å². The molecule has 0 fully saturated rings. The fraction of sp³-hybridized carbons (Fsp3) is 0.222. The summed E-state index contributed by atoms with van der Waals surface area (Å²) in [5.74, 6) is 0.584. The van der Waals surface area contributed by atoms with Crippen LogP contribution in [0.4, 0.5) is 0 Å². The summed E-state index contributed by atoms with van der Waals surface area (Å²) in [6, 6.07) is 11.8. The van der Waals surface area contributed by atoms with Gasteiger partial charge in [0.25, 0.3) is 5.56 Å². The molecule has 0 unspecified atom stereocenters. The van der Waals surface area contributed by atoms with Crippen LogP contribution in [0.5, 0.6) is 0 Å². The molecule has 0 saturated heterocycles. The van der Waals surface area contributed by atoms with E-state index in [2.05, 4.69) is 27.2 Å². The SMILES string of the molecule is Cc1nn2c(=O)cc(CSc3nc(Cc4ccccc4)c(C)[nH]3)nc2s1. The number of H-pyrrole nitrogens is 1. The molecule has 0 amide bonds. The monoisotopic (exact) mass is 383 g/mol. The van der Waals surface area contributed by atoms with Gasteiger partial charge in [-0.1, -0.05) is 53.4 Å². The summed E-state index contributed by atoms with van der Waals surface area (Å²) in [7, 11) is 0. The van der Waals surface area contributed by atoms with Gasteiger partial charge >= 0.3 is 0 Å². The Morgan fingerprint density at radius 3 is 2.81 bits per heavy atom. The molecule has 1 N–H and O–H groups in total. The average molecular weight is 384 g/mol. The highest BCUT2D eigenvalue weighted by atomic mass is 32.2. The quantitative estimate of drug-likeness (QED) is 0.535. The fourth-order valence-corrected chi connectivity index (χ4v) is 4.26. The van der Waals surface area contributed by atoms with Gasteiger partial charge in [0, 0.05) is 23.9 Å². The van der Waals surface area contributed by atoms with Crippen LogP contribution in [0.3, 0.4) is 0 Å². The molecule has 0 radical (unpaired) electrons. The Morgan fingerprint density at radius 2 is 2.00 bits per heavy atom. The second-order valence-electron chi connectivity index (χ2n) is 5.97. The summed E-state index contributed by atoms with van der Waals surface area (Å²) >= 11 is 2.97. The van der Waals surface area contributed by atoms with Gasteiger partial charge < -0.3 is 4.98 Å². The van der Waals surface area contributed by atoms with Crippen molar-refractivity contribution in [1.29, 1.82) is 0 Å². The number of nitrogens with one attached hydrogen (secondary N) is 1. The fourth-order valence-electron chi connectivity index (χ4n) is 2.66. The van der Waals surface area contributed by atoms with E-state index >= 15 is 0 Å². The minimum absolute atomic E-state index is 0.143. The summed E-state index contributed by atoms with van der Waals surface area (Å²) in [5.41, 5.74) is 3.94. The molecule has 8 heteroatoms. The maximum atomic E-state index is 12.1. The van der Waals surface area contributed by atoms with Gasteiger partial charge in [-0.3, -0.25) is 4.79 Å². The number of fused-ring (bicyclic) bond motifs is 1. The first kappa shape index (κ1) is 17.0. The Bertz CT molecular complexity index is 1110. The summed E-state index contributed by atoms with van der Waals surface area (Å²) in [6.07, 6.45) is 0.801. The van der Waals surface area contributed by atoms with Crippen molar-refractivity contribution in [2.75, 3.05) is 0 Å². The molecular formula is C18H17N5OS2. The second kappa shape index (κ2) is 7.05. The molecule has 4 aromatic rings. The summed E-state index contributed by atoms with van der Waals surface area (Å²) in [4.78, 5) is 25.3. The molecule has 6 nitrogen and oxygen atoms in total. The molecule has 1 aromatic carbocycles. The Kier molecular flexibility index (Phi) is 4.60. The third-order valence-corrected chi connectivity index (χ3v) is 5.66. The van der Waals surface area contributed by atoms with Crippen LogP contribution >= 0.6 is 23.1 Å². The summed E-state index contributed by atoms with van der Waals surface area (Å²) in [6.45, 7) is 3.90. The van der Waals surface area contributed by atoms with Gasteiger partial charge in [-0.2, -0.15) is 9.61 Å². The van der Waals surface area contributed by atoms with E-state index in [0.717, 1.165) is 33.7 Å². The van der Waals surface area contributed by atoms with E-state index < -0.39 is 0 Å². The van der Waals surface area contributed by atoms with E-state index in [4.69, 9.17) is 4.98 Å². The Balaban J connectivity index is 1.50. The lowest BCUT2D eigenvalue weighted by Gasteiger charge is -1.99. The molecular weight excluding hydrogens is 366 g/mol. The first-order valence-electron chi connectivity index (χ1n) is 8.17. The molecule has 0 aliphatic carbocycles. The number of thioether (sulfide) groups is 1. The van der Waals surface area contributed by atoms with Crippen LogP contribution in [0, 0.1) is 13.8 Å². The van der Waals surface area contributed by atoms with Crippen molar-refractivity contribution in [3.63, 3.8) is 0 Å². The Hall–Kier alpha value is -2.45. The van der Waals surface area contributed by atoms with Crippen LogP contribution in [0.2, 0.25) is 0 Å². The van der Waals surface area contributed by atoms with E-state index in [0.29, 0.717) is 10.7 Å². The number of aromatic nitrogens is 5. The number of aromatic amines is 1. The van der Waals surface area contributed by atoms with E-state index in [9.17, 15) is 4.79 Å². The highest BCUT2D eigenvalue weighted by Gasteiger charge is 2.11. The average Bonchev–Trinajstić information content (AvgIpc) is 3.16. The summed E-state index contributed by atoms with van der Waals surface area (Å²) < 4.78 is 1.35. The lowest BCUT2D eigenvalue weighted by molar-refractivity contribution is 0.871. The lowest BCUT2D eigenvalue weighted by atomic mass is 10.1. The predicted molar refractivity (Wildman–Crippen MR) is 104 cm³/mol. The molecule has 0 saturated carbocycles. The number of benzene rings is 1. The van der Waals surface area contributed by atoms with Crippen molar-refractivity contribution in [3.8, 4) is 0 Å². The molecule has 0 bridgehead atoms. The van der Waals surface area contributed by atoms with Crippen LogP contribution in [-0.2, 0) is 12.2 Å². The highest BCUT2D eigenvalue weighted by molar-refractivity contribution is 7.98. The molecule has 0 aliphatic heterocycles. The van der Waals surface area contributed by atoms with Gasteiger partial charge in [0.1, 0.15) is 5.01 Å². The van der Waals surface area contributed by atoms with Crippen LogP contribution in [0.1, 0.15) is 27.7 Å². The predicted octanol–water partition coefficient (Wildman–Crippen LogP) is 3.37. The highest BCUT2D eigenvalue weighted by Crippen LogP contribution is 2.22. The van der Waals surface area contributed by atoms with Crippen LogP contribution < -0.4 is 5.56 Å². The zero-order valence-electron chi connectivity index (χ0n) is 14.4. The topological polar surface area (TPSA) is 75.9 Å². The molecule has 0 spiro atoms. The van der Waals surface area contributed by atoms with Crippen molar-refractivity contribution >= 4 is 28.1 Å². The molecule has 0 atom stereocenters. The molecule has 26 heavy (non-hydrogen) atoms. The van der Waals surface area contributed by atoms with Crippen molar-refractivity contribution < 1.29 is 0 Å². The number of hydrogen-bond acceptors (Lipinski definition) is 6. The van der Waals surface area contributed by atoms with E-state index in [1.807, 2.05) is 32.0 Å². The molecule has 0 aliphatic rings. The largest absolute Gasteiger partial charge is 0.337 e. The van der Waals surface area contributed by atoms with Crippen molar-refractivity contribution in [2.24, 2.45) is 0 Å². The smallest absolute Gasteiger partial charge is 0.275 e. The minimum atomic E-state index is -0.143. The van der Waals surface area contributed by atoms with Gasteiger partial charge in [0.15, 0.2) is 5.16 Å². The number of hydrogen-bond donors (Lipinski definition) is 1. The van der Waals surface area contributed by atoms with Crippen molar-refractivity contribution in [1.82, 2.24) is 24.6 Å². The van der Waals surface area contributed by atoms with Gasteiger partial charge in [-0.15, -0.1) is 0 Å². The molecule has 3 heterocycles. The van der Waals surface area contributed by atoms with E-state index in [-0.39, 0.29) is 5.56 Å². The van der Waals surface area contributed by atoms with E-state index in [1.165, 1.54) is 21.4 Å². The Morgan fingerprint density at radius 1 is 1.19 bits per heavy atom.